The molecule has 0 spiro atoms. The molecule has 1 aliphatic carbocycles. The average Bonchev–Trinajstić information content (AvgIpc) is 3.31. The van der Waals surface area contributed by atoms with E-state index in [1.54, 1.807) is 13.0 Å². The van der Waals surface area contributed by atoms with Crippen LogP contribution < -0.4 is 19.5 Å². The highest BCUT2D eigenvalue weighted by molar-refractivity contribution is 7.89. The number of sulfonamides is 1. The highest BCUT2D eigenvalue weighted by atomic mass is 32.2. The maximum Gasteiger partial charge on any atom is 0.586 e. The van der Waals surface area contributed by atoms with Crippen molar-refractivity contribution < 1.29 is 36.0 Å². The Bertz CT molecular complexity index is 1840. The van der Waals surface area contributed by atoms with Gasteiger partial charge >= 0.3 is 6.29 Å². The van der Waals surface area contributed by atoms with Gasteiger partial charge in [-0.3, -0.25) is 4.79 Å². The van der Waals surface area contributed by atoms with Gasteiger partial charge in [-0.2, -0.15) is 0 Å². The van der Waals surface area contributed by atoms with Gasteiger partial charge in [-0.1, -0.05) is 32.0 Å². The minimum Gasteiger partial charge on any atom is -0.395 e. The molecule has 0 saturated heterocycles. The molecule has 4 aromatic rings. The van der Waals surface area contributed by atoms with Gasteiger partial charge in [0.25, 0.3) is 0 Å². The molecule has 2 N–H and O–H groups in total. The van der Waals surface area contributed by atoms with Gasteiger partial charge in [0.2, 0.25) is 15.9 Å². The molecular formula is C30H32F2N4O6S. The van der Waals surface area contributed by atoms with Crippen molar-refractivity contribution in [1.82, 2.24) is 14.4 Å². The number of benzene rings is 2. The van der Waals surface area contributed by atoms with Crippen LogP contribution in [0.3, 0.4) is 0 Å². The third kappa shape index (κ3) is 5.47. The smallest absolute Gasteiger partial charge is 0.395 e. The molecular weight excluding hydrogens is 582 g/mol. The third-order valence-corrected chi connectivity index (χ3v) is 9.47. The summed E-state index contributed by atoms with van der Waals surface area (Å²) in [5.74, 6) is -0.129. The number of halogens is 2. The molecule has 1 fully saturated rings. The highest BCUT2D eigenvalue weighted by Crippen LogP contribution is 2.52. The van der Waals surface area contributed by atoms with Gasteiger partial charge in [0.1, 0.15) is 4.90 Å². The summed E-state index contributed by atoms with van der Waals surface area (Å²) < 4.78 is 70.9. The fourth-order valence-electron chi connectivity index (χ4n) is 5.55. The molecule has 6 rings (SSSR count). The lowest BCUT2D eigenvalue weighted by atomic mass is 9.92. The molecule has 228 valence electrons. The number of alkyl halides is 2. The zero-order chi connectivity index (χ0) is 30.8. The summed E-state index contributed by atoms with van der Waals surface area (Å²) in [6, 6.07) is 12.2. The summed E-state index contributed by atoms with van der Waals surface area (Å²) in [6.45, 7) is 8.66. The van der Waals surface area contributed by atoms with E-state index < -0.39 is 21.7 Å². The summed E-state index contributed by atoms with van der Waals surface area (Å²) in [5, 5.41) is 7.49. The van der Waals surface area contributed by atoms with E-state index in [0.29, 0.717) is 37.1 Å². The Balaban J connectivity index is 1.18. The van der Waals surface area contributed by atoms with Crippen LogP contribution in [-0.4, -0.2) is 36.9 Å². The number of nitrogens with zero attached hydrogens (tertiary/aromatic N) is 2. The molecule has 1 saturated carbocycles. The van der Waals surface area contributed by atoms with Gasteiger partial charge in [-0.25, -0.2) is 13.1 Å². The molecule has 3 heterocycles. The third-order valence-electron chi connectivity index (χ3n) is 7.91. The van der Waals surface area contributed by atoms with Crippen LogP contribution in [0.4, 0.5) is 14.5 Å². The standard InChI is InChI=1S/C30H32F2N4O6S/c1-18-25(17-33-42-18)43(38,39)34-12-5-13-36-22-8-7-21(14-19(22)15-26(36)28(2,3)4)35-27(37)29(10-11-29)20-6-9-23-24(16-20)41-30(31,32)40-23/h6-9,14-17,34H,5,10-13H2,1-4H3,(H,35,37). The molecule has 2 aromatic carbocycles. The number of carbonyl (C=O) groups is 1. The number of nitrogens with one attached hydrogen (secondary N) is 2. The SMILES string of the molecule is Cc1oncc1S(=O)(=O)NCCCn1c(C(C)(C)C)cc2cc(NC(=O)C3(c4ccc5c(c4)OC(F)(F)O5)CC3)ccc21. The van der Waals surface area contributed by atoms with Crippen molar-refractivity contribution in [3.8, 4) is 11.5 Å². The van der Waals surface area contributed by atoms with Crippen molar-refractivity contribution in [3.63, 3.8) is 0 Å². The van der Waals surface area contributed by atoms with Crippen LogP contribution in [0, 0.1) is 6.92 Å². The zero-order valence-corrected chi connectivity index (χ0v) is 25.0. The van der Waals surface area contributed by atoms with Crippen molar-refractivity contribution in [2.24, 2.45) is 0 Å². The Kier molecular flexibility index (Phi) is 6.81. The van der Waals surface area contributed by atoms with Crippen LogP contribution in [0.5, 0.6) is 11.5 Å². The summed E-state index contributed by atoms with van der Waals surface area (Å²) in [4.78, 5) is 13.5. The van der Waals surface area contributed by atoms with Crippen molar-refractivity contribution in [2.45, 2.75) is 75.5 Å². The van der Waals surface area contributed by atoms with Gasteiger partial charge in [0.05, 0.1) is 11.6 Å². The first-order valence-corrected chi connectivity index (χ1v) is 15.4. The minimum atomic E-state index is -3.72. The molecule has 13 heteroatoms. The second-order valence-corrected chi connectivity index (χ2v) is 13.8. The van der Waals surface area contributed by atoms with Crippen LogP contribution in [-0.2, 0) is 32.2 Å². The minimum absolute atomic E-state index is 0.0249. The number of rotatable bonds is 9. The fourth-order valence-corrected chi connectivity index (χ4v) is 6.72. The Morgan fingerprint density at radius 3 is 2.49 bits per heavy atom. The zero-order valence-electron chi connectivity index (χ0n) is 24.2. The monoisotopic (exact) mass is 614 g/mol. The Morgan fingerprint density at radius 1 is 1.07 bits per heavy atom. The molecule has 1 aliphatic heterocycles. The van der Waals surface area contributed by atoms with E-state index in [0.717, 1.165) is 16.6 Å². The van der Waals surface area contributed by atoms with Crippen molar-refractivity contribution >= 4 is 32.5 Å². The number of hydrogen-bond donors (Lipinski definition) is 2. The van der Waals surface area contributed by atoms with E-state index in [1.165, 1.54) is 18.3 Å². The van der Waals surface area contributed by atoms with Gasteiger partial charge in [0, 0.05) is 40.8 Å². The van der Waals surface area contributed by atoms with Crippen molar-refractivity contribution in [3.05, 3.63) is 65.7 Å². The lowest BCUT2D eigenvalue weighted by Gasteiger charge is -2.22. The summed E-state index contributed by atoms with van der Waals surface area (Å²) in [5.41, 5.74) is 2.22. The molecule has 0 radical (unpaired) electrons. The lowest BCUT2D eigenvalue weighted by Crippen LogP contribution is -2.28. The average molecular weight is 615 g/mol. The molecule has 2 aromatic heterocycles. The fraction of sp³-hybridized carbons (Fsp3) is 0.400. The molecule has 0 bridgehead atoms. The summed E-state index contributed by atoms with van der Waals surface area (Å²) in [6.07, 6.45) is -0.821. The van der Waals surface area contributed by atoms with Crippen molar-refractivity contribution in [2.75, 3.05) is 11.9 Å². The van der Waals surface area contributed by atoms with Gasteiger partial charge in [0.15, 0.2) is 17.3 Å². The number of fused-ring (bicyclic) bond motifs is 2. The number of amides is 1. The second-order valence-electron chi connectivity index (χ2n) is 12.1. The number of aryl methyl sites for hydroxylation is 2. The largest absolute Gasteiger partial charge is 0.586 e. The highest BCUT2D eigenvalue weighted by Gasteiger charge is 2.52. The van der Waals surface area contributed by atoms with Crippen LogP contribution in [0.1, 0.15) is 57.1 Å². The lowest BCUT2D eigenvalue weighted by molar-refractivity contribution is -0.286. The maximum absolute atomic E-state index is 13.5. The first-order valence-electron chi connectivity index (χ1n) is 14.0. The maximum atomic E-state index is 13.5. The normalized spacial score (nSPS) is 16.9. The molecule has 10 nitrogen and oxygen atoms in total. The Labute approximate surface area is 247 Å². The van der Waals surface area contributed by atoms with Gasteiger partial charge in [-0.05, 0) is 68.1 Å². The predicted octanol–water partition coefficient (Wildman–Crippen LogP) is 5.60. The molecule has 0 unspecified atom stereocenters. The number of aromatic nitrogens is 2. The van der Waals surface area contributed by atoms with E-state index in [4.69, 9.17) is 4.52 Å². The molecule has 43 heavy (non-hydrogen) atoms. The van der Waals surface area contributed by atoms with Crippen LogP contribution in [0.15, 0.2) is 58.1 Å². The first kappa shape index (κ1) is 29.1. The number of anilines is 1. The Morgan fingerprint density at radius 2 is 1.81 bits per heavy atom. The second kappa shape index (κ2) is 10.1. The Hall–Kier alpha value is -3.97. The molecule has 0 atom stereocenters. The van der Waals surface area contributed by atoms with Crippen LogP contribution >= 0.6 is 0 Å². The summed E-state index contributed by atoms with van der Waals surface area (Å²) in [7, 11) is -3.72. The number of carbonyl (C=O) groups excluding carboxylic acids is 1. The van der Waals surface area contributed by atoms with Gasteiger partial charge in [-0.15, -0.1) is 8.78 Å². The predicted molar refractivity (Wildman–Crippen MR) is 154 cm³/mol. The molecule has 1 amide bonds. The molecule has 2 aliphatic rings. The topological polar surface area (TPSA) is 125 Å². The van der Waals surface area contributed by atoms with E-state index in [9.17, 15) is 22.0 Å². The number of ether oxygens (including phenoxy) is 2. The van der Waals surface area contributed by atoms with Crippen LogP contribution in [0.2, 0.25) is 0 Å². The van der Waals surface area contributed by atoms with Gasteiger partial charge < -0.3 is 23.9 Å². The first-order chi connectivity index (χ1) is 20.2. The van der Waals surface area contributed by atoms with E-state index in [1.807, 2.05) is 18.2 Å². The van der Waals surface area contributed by atoms with Crippen LogP contribution in [0.25, 0.3) is 10.9 Å². The van der Waals surface area contributed by atoms with E-state index in [-0.39, 0.29) is 40.0 Å². The van der Waals surface area contributed by atoms with E-state index >= 15 is 0 Å². The number of hydrogen-bond acceptors (Lipinski definition) is 7. The van der Waals surface area contributed by atoms with E-state index in [2.05, 4.69) is 56.1 Å². The van der Waals surface area contributed by atoms with Crippen molar-refractivity contribution in [1.29, 1.82) is 0 Å². The summed E-state index contributed by atoms with van der Waals surface area (Å²) >= 11 is 0. The quantitative estimate of drug-likeness (QED) is 0.235.